The van der Waals surface area contributed by atoms with Crippen molar-refractivity contribution in [1.29, 1.82) is 0 Å². The summed E-state index contributed by atoms with van der Waals surface area (Å²) in [6.45, 7) is 3.85. The Hall–Kier alpha value is -2.90. The van der Waals surface area contributed by atoms with Crippen molar-refractivity contribution in [2.75, 3.05) is 31.3 Å². The molecule has 2 aromatic heterocycles. The third kappa shape index (κ3) is 4.93. The molecule has 0 spiro atoms. The molecule has 1 aromatic carbocycles. The molecule has 13 heteroatoms. The van der Waals surface area contributed by atoms with Crippen LogP contribution in [-0.2, 0) is 19.9 Å². The molecule has 0 saturated heterocycles. The SMILES string of the molecule is CCCS(=O)(=O)Nc1cc(-c2cnn3cc(OC)c(S(=O)(=O)C(C)(C)CO)cc23)cc(F)c1OC. The Labute approximate surface area is 203 Å². The van der Waals surface area contributed by atoms with Crippen LogP contribution in [0.1, 0.15) is 27.2 Å². The van der Waals surface area contributed by atoms with Gasteiger partial charge in [-0.2, -0.15) is 5.10 Å². The van der Waals surface area contributed by atoms with E-state index in [-0.39, 0.29) is 33.4 Å². The maximum atomic E-state index is 14.9. The van der Waals surface area contributed by atoms with E-state index in [1.807, 2.05) is 0 Å². The Morgan fingerprint density at radius 1 is 1.14 bits per heavy atom. The number of hydrogen-bond donors (Lipinski definition) is 2. The van der Waals surface area contributed by atoms with Gasteiger partial charge in [0.25, 0.3) is 0 Å². The van der Waals surface area contributed by atoms with Gasteiger partial charge >= 0.3 is 0 Å². The lowest BCUT2D eigenvalue weighted by molar-refractivity contribution is 0.258. The molecule has 0 radical (unpaired) electrons. The van der Waals surface area contributed by atoms with Gasteiger partial charge < -0.3 is 14.6 Å². The van der Waals surface area contributed by atoms with Crippen LogP contribution in [0.25, 0.3) is 16.6 Å². The Morgan fingerprint density at radius 2 is 1.83 bits per heavy atom. The number of halogens is 1. The van der Waals surface area contributed by atoms with Crippen molar-refractivity contribution in [2.24, 2.45) is 0 Å². The molecule has 35 heavy (non-hydrogen) atoms. The predicted octanol–water partition coefficient (Wildman–Crippen LogP) is 2.85. The number of sulfonamides is 1. The van der Waals surface area contributed by atoms with Gasteiger partial charge in [-0.3, -0.25) is 4.72 Å². The zero-order valence-electron chi connectivity index (χ0n) is 20.0. The Kier molecular flexibility index (Phi) is 7.34. The third-order valence-electron chi connectivity index (χ3n) is 5.50. The zero-order chi connectivity index (χ0) is 26.2. The smallest absolute Gasteiger partial charge is 0.232 e. The number of anilines is 1. The highest BCUT2D eigenvalue weighted by Gasteiger charge is 2.38. The van der Waals surface area contributed by atoms with E-state index in [1.165, 1.54) is 57.1 Å². The standard InChI is InChI=1S/C22H28FN3O7S2/c1-6-7-34(28,29)25-17-9-14(8-16(23)21(17)33-5)15-11-24-26-12-19(32-4)20(10-18(15)26)35(30,31)22(2,3)13-27/h8-12,25,27H,6-7,13H2,1-5H3. The number of fused-ring (bicyclic) bond motifs is 1. The molecule has 0 fully saturated rings. The van der Waals surface area contributed by atoms with Crippen LogP contribution < -0.4 is 14.2 Å². The molecular formula is C22H28FN3O7S2. The number of sulfone groups is 1. The van der Waals surface area contributed by atoms with Crippen molar-refractivity contribution >= 4 is 31.1 Å². The quantitative estimate of drug-likeness (QED) is 0.409. The van der Waals surface area contributed by atoms with E-state index in [2.05, 4.69) is 9.82 Å². The molecule has 3 rings (SSSR count). The van der Waals surface area contributed by atoms with Crippen molar-refractivity contribution in [2.45, 2.75) is 36.8 Å². The van der Waals surface area contributed by atoms with Crippen LogP contribution in [-0.4, -0.2) is 62.9 Å². The lowest BCUT2D eigenvalue weighted by atomic mass is 10.1. The molecule has 0 unspecified atom stereocenters. The van der Waals surface area contributed by atoms with E-state index in [4.69, 9.17) is 9.47 Å². The number of methoxy groups -OCH3 is 2. The summed E-state index contributed by atoms with van der Waals surface area (Å²) in [5.74, 6) is -1.25. The van der Waals surface area contributed by atoms with E-state index < -0.39 is 37.0 Å². The molecule has 0 saturated carbocycles. The van der Waals surface area contributed by atoms with Crippen LogP contribution in [0.2, 0.25) is 0 Å². The van der Waals surface area contributed by atoms with Gasteiger partial charge in [0.15, 0.2) is 27.2 Å². The molecule has 0 aliphatic carbocycles. The normalized spacial score (nSPS) is 12.7. The number of nitrogens with zero attached hydrogens (tertiary/aromatic N) is 2. The highest BCUT2D eigenvalue weighted by Crippen LogP contribution is 2.38. The Balaban J connectivity index is 2.26. The van der Waals surface area contributed by atoms with Gasteiger partial charge in [-0.1, -0.05) is 6.92 Å². The maximum absolute atomic E-state index is 14.9. The van der Waals surface area contributed by atoms with Crippen LogP contribution in [0.4, 0.5) is 10.1 Å². The number of hydrogen-bond acceptors (Lipinski definition) is 8. The highest BCUT2D eigenvalue weighted by molar-refractivity contribution is 7.93. The molecular weight excluding hydrogens is 501 g/mol. The topological polar surface area (TPSA) is 136 Å². The summed E-state index contributed by atoms with van der Waals surface area (Å²) in [5, 5.41) is 13.9. The molecule has 2 heterocycles. The van der Waals surface area contributed by atoms with Gasteiger partial charge in [0.1, 0.15) is 4.90 Å². The fourth-order valence-electron chi connectivity index (χ4n) is 3.48. The summed E-state index contributed by atoms with van der Waals surface area (Å²) in [5.41, 5.74) is 0.772. The number of nitrogens with one attached hydrogen (secondary N) is 1. The maximum Gasteiger partial charge on any atom is 0.232 e. The van der Waals surface area contributed by atoms with E-state index in [0.717, 1.165) is 6.07 Å². The number of aromatic nitrogens is 2. The fraction of sp³-hybridized carbons (Fsp3) is 0.409. The van der Waals surface area contributed by atoms with Crippen LogP contribution >= 0.6 is 0 Å². The van der Waals surface area contributed by atoms with Gasteiger partial charge in [-0.25, -0.2) is 25.7 Å². The number of aliphatic hydroxyl groups is 1. The third-order valence-corrected chi connectivity index (χ3v) is 9.46. The summed E-state index contributed by atoms with van der Waals surface area (Å²) >= 11 is 0. The minimum atomic E-state index is -4.06. The number of ether oxygens (including phenoxy) is 2. The van der Waals surface area contributed by atoms with Crippen molar-refractivity contribution < 1.29 is 35.8 Å². The first kappa shape index (κ1) is 26.7. The van der Waals surface area contributed by atoms with Crippen molar-refractivity contribution in [3.05, 3.63) is 36.4 Å². The molecule has 0 atom stereocenters. The molecule has 3 aromatic rings. The van der Waals surface area contributed by atoms with Crippen LogP contribution in [0.15, 0.2) is 35.5 Å². The number of benzene rings is 1. The first-order valence-corrected chi connectivity index (χ1v) is 13.7. The molecule has 0 bridgehead atoms. The zero-order valence-corrected chi connectivity index (χ0v) is 21.6. The number of aliphatic hydroxyl groups excluding tert-OH is 1. The molecule has 10 nitrogen and oxygen atoms in total. The van der Waals surface area contributed by atoms with Crippen molar-refractivity contribution in [3.63, 3.8) is 0 Å². The monoisotopic (exact) mass is 529 g/mol. The largest absolute Gasteiger partial charge is 0.494 e. The van der Waals surface area contributed by atoms with Crippen LogP contribution in [0.5, 0.6) is 11.5 Å². The first-order valence-electron chi connectivity index (χ1n) is 10.6. The average molecular weight is 530 g/mol. The van der Waals surface area contributed by atoms with Gasteiger partial charge in [0, 0.05) is 5.56 Å². The fourth-order valence-corrected chi connectivity index (χ4v) is 6.04. The second-order valence-corrected chi connectivity index (χ2v) is 12.9. The second kappa shape index (κ2) is 9.63. The van der Waals surface area contributed by atoms with Gasteiger partial charge in [-0.05, 0) is 44.0 Å². The van der Waals surface area contributed by atoms with Crippen LogP contribution in [0.3, 0.4) is 0 Å². The molecule has 192 valence electrons. The van der Waals surface area contributed by atoms with Gasteiger partial charge in [0.2, 0.25) is 10.0 Å². The first-order chi connectivity index (χ1) is 16.3. The van der Waals surface area contributed by atoms with E-state index in [0.29, 0.717) is 17.5 Å². The summed E-state index contributed by atoms with van der Waals surface area (Å²) < 4.78 is 78.6. The Bertz CT molecular complexity index is 1470. The minimum Gasteiger partial charge on any atom is -0.494 e. The lowest BCUT2D eigenvalue weighted by Gasteiger charge is -2.23. The van der Waals surface area contributed by atoms with Gasteiger partial charge in [0.05, 0.1) is 54.9 Å². The van der Waals surface area contributed by atoms with Crippen molar-refractivity contribution in [3.8, 4) is 22.6 Å². The molecule has 0 aliphatic heterocycles. The predicted molar refractivity (Wildman–Crippen MR) is 130 cm³/mol. The van der Waals surface area contributed by atoms with E-state index >= 15 is 0 Å². The lowest BCUT2D eigenvalue weighted by Crippen LogP contribution is -2.36. The highest BCUT2D eigenvalue weighted by atomic mass is 32.2. The minimum absolute atomic E-state index is 0.0163. The molecule has 2 N–H and O–H groups in total. The molecule has 0 aliphatic rings. The van der Waals surface area contributed by atoms with E-state index in [9.17, 15) is 26.3 Å². The Morgan fingerprint density at radius 3 is 2.40 bits per heavy atom. The van der Waals surface area contributed by atoms with Gasteiger partial charge in [-0.15, -0.1) is 0 Å². The second-order valence-electron chi connectivity index (χ2n) is 8.48. The van der Waals surface area contributed by atoms with Crippen LogP contribution in [0, 0.1) is 5.82 Å². The molecule has 0 amide bonds. The average Bonchev–Trinajstić information content (AvgIpc) is 3.20. The number of pyridine rings is 1. The number of rotatable bonds is 10. The summed E-state index contributed by atoms with van der Waals surface area (Å²) in [4.78, 5) is -0.175. The van der Waals surface area contributed by atoms with E-state index in [1.54, 1.807) is 6.92 Å². The summed E-state index contributed by atoms with van der Waals surface area (Å²) in [6, 6.07) is 3.86. The summed E-state index contributed by atoms with van der Waals surface area (Å²) in [7, 11) is -5.28. The van der Waals surface area contributed by atoms with Crippen molar-refractivity contribution in [1.82, 2.24) is 9.61 Å². The summed E-state index contributed by atoms with van der Waals surface area (Å²) in [6.07, 6.45) is 3.12.